The number of quaternary nitrogens is 1. The minimum absolute atomic E-state index is 0.0125. The second kappa shape index (κ2) is 8.75. The van der Waals surface area contributed by atoms with Gasteiger partial charge in [0.05, 0.1) is 33.2 Å². The highest BCUT2D eigenvalue weighted by Crippen LogP contribution is 2.25. The van der Waals surface area contributed by atoms with Crippen molar-refractivity contribution in [1.82, 2.24) is 15.3 Å². The second-order valence-corrected chi connectivity index (χ2v) is 8.17. The number of hydrogen-bond donors (Lipinski definition) is 3. The Morgan fingerprint density at radius 3 is 2.54 bits per heavy atom. The van der Waals surface area contributed by atoms with Gasteiger partial charge in [0.1, 0.15) is 0 Å². The van der Waals surface area contributed by atoms with E-state index in [-0.39, 0.29) is 28.4 Å². The Morgan fingerprint density at radius 2 is 1.86 bits per heavy atom. The molecule has 3 rings (SSSR count). The van der Waals surface area contributed by atoms with Gasteiger partial charge >= 0.3 is 0 Å². The van der Waals surface area contributed by atoms with E-state index in [9.17, 15) is 4.79 Å². The van der Waals surface area contributed by atoms with Crippen molar-refractivity contribution in [2.45, 2.75) is 19.3 Å². The number of aromatic nitrogens is 2. The molecule has 5 N–H and O–H groups in total. The lowest BCUT2D eigenvalue weighted by atomic mass is 9.89. The molecule has 8 heteroatoms. The van der Waals surface area contributed by atoms with Crippen LogP contribution in [0.5, 0.6) is 0 Å². The molecule has 28 heavy (non-hydrogen) atoms. The summed E-state index contributed by atoms with van der Waals surface area (Å²) in [5.41, 5.74) is 12.7. The molecule has 1 saturated heterocycles. The molecular formula is C20H28ClN6O+. The lowest BCUT2D eigenvalue weighted by Gasteiger charge is -2.40. The zero-order valence-electron chi connectivity index (χ0n) is 16.2. The first kappa shape index (κ1) is 20.4. The largest absolute Gasteiger partial charge is 0.382 e. The average molecular weight is 404 g/mol. The van der Waals surface area contributed by atoms with Crippen LogP contribution in [0.4, 0.5) is 11.6 Å². The van der Waals surface area contributed by atoms with E-state index in [1.807, 2.05) is 0 Å². The monoisotopic (exact) mass is 403 g/mol. The number of benzene rings is 1. The molecule has 2 heterocycles. The van der Waals surface area contributed by atoms with Crippen LogP contribution in [-0.2, 0) is 6.42 Å². The number of nitrogens with two attached hydrogens (primary N) is 2. The van der Waals surface area contributed by atoms with E-state index in [4.69, 9.17) is 23.1 Å². The molecule has 1 aliphatic rings. The lowest BCUT2D eigenvalue weighted by Crippen LogP contribution is -2.53. The molecule has 150 valence electrons. The quantitative estimate of drug-likeness (QED) is 0.640. The van der Waals surface area contributed by atoms with E-state index < -0.39 is 0 Å². The number of rotatable bonds is 6. The Hall–Kier alpha value is -2.38. The maximum Gasteiger partial charge on any atom is 0.273 e. The highest BCUT2D eigenvalue weighted by atomic mass is 35.5. The number of nitrogen functional groups attached to an aromatic ring is 2. The molecule has 1 aromatic carbocycles. The van der Waals surface area contributed by atoms with Gasteiger partial charge in [0, 0.05) is 0 Å². The van der Waals surface area contributed by atoms with E-state index in [0.717, 1.165) is 36.5 Å². The molecule has 0 radical (unpaired) electrons. The van der Waals surface area contributed by atoms with Gasteiger partial charge < -0.3 is 21.3 Å². The first-order valence-electron chi connectivity index (χ1n) is 9.60. The third kappa shape index (κ3) is 5.11. The molecule has 0 spiro atoms. The summed E-state index contributed by atoms with van der Waals surface area (Å²) in [5.74, 6) is 0.362. The van der Waals surface area contributed by atoms with Crippen LogP contribution >= 0.6 is 11.6 Å². The van der Waals surface area contributed by atoms with Crippen LogP contribution in [0.25, 0.3) is 0 Å². The van der Waals surface area contributed by atoms with Crippen molar-refractivity contribution in [2.24, 2.45) is 5.92 Å². The van der Waals surface area contributed by atoms with Gasteiger partial charge in [-0.3, -0.25) is 4.79 Å². The number of amides is 1. The number of nitrogens with one attached hydrogen (secondary N) is 1. The first-order valence-corrected chi connectivity index (χ1v) is 9.98. The highest BCUT2D eigenvalue weighted by molar-refractivity contribution is 6.31. The fourth-order valence-corrected chi connectivity index (χ4v) is 3.88. The maximum atomic E-state index is 12.3. The predicted octanol–water partition coefficient (Wildman–Crippen LogP) is 2.12. The maximum absolute atomic E-state index is 12.3. The van der Waals surface area contributed by atoms with Gasteiger partial charge in [0.2, 0.25) is 0 Å². The summed E-state index contributed by atoms with van der Waals surface area (Å²) >= 11 is 5.84. The van der Waals surface area contributed by atoms with E-state index in [1.54, 1.807) is 0 Å². The summed E-state index contributed by atoms with van der Waals surface area (Å²) in [6, 6.07) is 10.7. The average Bonchev–Trinajstić information content (AvgIpc) is 2.67. The number of anilines is 2. The topological polar surface area (TPSA) is 107 Å². The normalized spacial score (nSPS) is 22.0. The fraction of sp³-hybridized carbons (Fsp3) is 0.450. The molecule has 1 aromatic heterocycles. The van der Waals surface area contributed by atoms with E-state index in [2.05, 4.69) is 52.7 Å². The summed E-state index contributed by atoms with van der Waals surface area (Å²) in [6.45, 7) is 3.63. The Bertz CT molecular complexity index is 821. The van der Waals surface area contributed by atoms with Gasteiger partial charge in [0.25, 0.3) is 5.91 Å². The molecule has 0 atom stereocenters. The molecule has 1 amide bonds. The Morgan fingerprint density at radius 1 is 1.18 bits per heavy atom. The van der Waals surface area contributed by atoms with E-state index in [0.29, 0.717) is 6.54 Å². The van der Waals surface area contributed by atoms with Crippen molar-refractivity contribution in [2.75, 3.05) is 44.7 Å². The molecule has 7 nitrogen and oxygen atoms in total. The Kier molecular flexibility index (Phi) is 6.36. The Labute approximate surface area is 170 Å². The molecule has 0 saturated carbocycles. The van der Waals surface area contributed by atoms with Crippen LogP contribution in [0.3, 0.4) is 0 Å². The number of halogens is 1. The lowest BCUT2D eigenvalue weighted by molar-refractivity contribution is -0.914. The van der Waals surface area contributed by atoms with Gasteiger partial charge in [-0.1, -0.05) is 41.9 Å². The van der Waals surface area contributed by atoms with Crippen molar-refractivity contribution in [3.63, 3.8) is 0 Å². The number of piperidine rings is 1. The molecule has 1 fully saturated rings. The zero-order valence-corrected chi connectivity index (χ0v) is 17.0. The van der Waals surface area contributed by atoms with E-state index in [1.165, 1.54) is 18.4 Å². The van der Waals surface area contributed by atoms with Gasteiger partial charge in [-0.2, -0.15) is 0 Å². The van der Waals surface area contributed by atoms with Crippen LogP contribution in [0.1, 0.15) is 28.9 Å². The minimum atomic E-state index is -0.377. The third-order valence-corrected chi connectivity index (χ3v) is 5.86. The van der Waals surface area contributed by atoms with E-state index >= 15 is 0 Å². The van der Waals surface area contributed by atoms with Crippen LogP contribution in [-0.4, -0.2) is 53.6 Å². The van der Waals surface area contributed by atoms with Crippen LogP contribution < -0.4 is 16.8 Å². The minimum Gasteiger partial charge on any atom is -0.382 e. The number of likely N-dealkylation sites (N-methyl/N-ethyl adjacent to an activating group) is 1. The summed E-state index contributed by atoms with van der Waals surface area (Å²) < 4.78 is 0.954. The predicted molar refractivity (Wildman–Crippen MR) is 112 cm³/mol. The van der Waals surface area contributed by atoms with Crippen molar-refractivity contribution in [1.29, 1.82) is 0 Å². The van der Waals surface area contributed by atoms with Gasteiger partial charge in [0.15, 0.2) is 22.5 Å². The van der Waals surface area contributed by atoms with Gasteiger partial charge in [-0.25, -0.2) is 9.97 Å². The molecule has 0 bridgehead atoms. The van der Waals surface area contributed by atoms with Crippen molar-refractivity contribution in [3.8, 4) is 0 Å². The molecule has 0 unspecified atom stereocenters. The highest BCUT2D eigenvalue weighted by Gasteiger charge is 2.30. The van der Waals surface area contributed by atoms with Crippen molar-refractivity contribution < 1.29 is 9.28 Å². The number of nitrogens with zero attached hydrogens (tertiary/aromatic N) is 3. The molecule has 2 aromatic rings. The van der Waals surface area contributed by atoms with Gasteiger partial charge in [-0.05, 0) is 30.7 Å². The summed E-state index contributed by atoms with van der Waals surface area (Å²) in [4.78, 5) is 20.1. The fourth-order valence-electron chi connectivity index (χ4n) is 3.75. The second-order valence-electron chi connectivity index (χ2n) is 7.81. The van der Waals surface area contributed by atoms with Crippen molar-refractivity contribution in [3.05, 3.63) is 46.7 Å². The zero-order chi connectivity index (χ0) is 20.1. The smallest absolute Gasteiger partial charge is 0.273 e. The van der Waals surface area contributed by atoms with Gasteiger partial charge in [-0.15, -0.1) is 0 Å². The molecular weight excluding hydrogens is 376 g/mol. The summed E-state index contributed by atoms with van der Waals surface area (Å²) in [7, 11) is 2.25. The standard InChI is InChI=1S/C20H27ClN6O/c1-27(10-7-15(8-11-27)13-14-5-3-2-4-6-14)12-9-24-20(28)16-18(22)26-19(23)17(21)25-16/h2-6,15H,7-13H2,1H3,(H4-,22,23,24,26,28)/p+1. The number of carbonyl (C=O) groups excluding carboxylic acids is 1. The Balaban J connectivity index is 1.46. The SMILES string of the molecule is C[N+]1(CCNC(=O)c2nc(Cl)c(N)nc2N)CCC(Cc2ccccc2)CC1. The van der Waals surface area contributed by atoms with Crippen LogP contribution in [0.15, 0.2) is 30.3 Å². The first-order chi connectivity index (χ1) is 13.4. The van der Waals surface area contributed by atoms with Crippen LogP contribution in [0.2, 0.25) is 5.15 Å². The summed E-state index contributed by atoms with van der Waals surface area (Å²) in [6.07, 6.45) is 3.55. The molecule has 0 aliphatic carbocycles. The molecule has 1 aliphatic heterocycles. The number of hydrogen-bond acceptors (Lipinski definition) is 5. The number of likely N-dealkylation sites (tertiary alicyclic amines) is 1. The summed E-state index contributed by atoms with van der Waals surface area (Å²) in [5, 5.41) is 2.86. The number of carbonyl (C=O) groups is 1. The van der Waals surface area contributed by atoms with Crippen molar-refractivity contribution >= 4 is 29.1 Å². The third-order valence-electron chi connectivity index (χ3n) is 5.58. The van der Waals surface area contributed by atoms with Crippen LogP contribution in [0, 0.1) is 5.92 Å².